The van der Waals surface area contributed by atoms with Crippen molar-refractivity contribution in [1.29, 1.82) is 0 Å². The summed E-state index contributed by atoms with van der Waals surface area (Å²) in [7, 11) is 0. The van der Waals surface area contributed by atoms with Gasteiger partial charge in [-0.05, 0) is 32.0 Å². The standard InChI is InChI=1S/C18H15N5O2/c1-11-7-12(2)23(22-11)17-9-16(19-10-20-17)21-18(24)15-8-13-5-3-4-6-14(13)25-15/h3-10H,1-2H3,(H,19,20,21,24). The van der Waals surface area contributed by atoms with Crippen LogP contribution in [0.1, 0.15) is 21.9 Å². The molecular weight excluding hydrogens is 318 g/mol. The van der Waals surface area contributed by atoms with Gasteiger partial charge in [-0.25, -0.2) is 14.6 Å². The molecule has 0 aliphatic heterocycles. The molecule has 0 saturated carbocycles. The molecule has 0 spiro atoms. The lowest BCUT2D eigenvalue weighted by Gasteiger charge is -2.06. The molecule has 7 heteroatoms. The van der Waals surface area contributed by atoms with Gasteiger partial charge in [0.25, 0.3) is 5.91 Å². The first-order valence-corrected chi connectivity index (χ1v) is 7.76. The van der Waals surface area contributed by atoms with Gasteiger partial charge in [-0.1, -0.05) is 18.2 Å². The summed E-state index contributed by atoms with van der Waals surface area (Å²) in [6.45, 7) is 3.85. The Labute approximate surface area is 143 Å². The molecule has 0 atom stereocenters. The van der Waals surface area contributed by atoms with E-state index in [1.165, 1.54) is 6.33 Å². The predicted octanol–water partition coefficient (Wildman–Crippen LogP) is 3.28. The zero-order valence-corrected chi connectivity index (χ0v) is 13.7. The lowest BCUT2D eigenvalue weighted by Crippen LogP contribution is -2.13. The number of aromatic nitrogens is 4. The van der Waals surface area contributed by atoms with E-state index >= 15 is 0 Å². The monoisotopic (exact) mass is 333 g/mol. The topological polar surface area (TPSA) is 85.8 Å². The molecule has 1 aromatic carbocycles. The molecule has 0 aliphatic carbocycles. The number of fused-ring (bicyclic) bond motifs is 1. The Balaban J connectivity index is 1.61. The summed E-state index contributed by atoms with van der Waals surface area (Å²) in [5.74, 6) is 0.824. The van der Waals surface area contributed by atoms with Crippen molar-refractivity contribution in [3.05, 3.63) is 65.9 Å². The number of carbonyl (C=O) groups excluding carboxylic acids is 1. The molecule has 1 amide bonds. The number of anilines is 1. The summed E-state index contributed by atoms with van der Waals surface area (Å²) in [4.78, 5) is 20.7. The van der Waals surface area contributed by atoms with Crippen molar-refractivity contribution < 1.29 is 9.21 Å². The molecule has 4 rings (SSSR count). The van der Waals surface area contributed by atoms with Crippen LogP contribution < -0.4 is 5.32 Å². The van der Waals surface area contributed by atoms with Gasteiger partial charge in [0.1, 0.15) is 17.7 Å². The van der Waals surface area contributed by atoms with E-state index in [1.807, 2.05) is 44.2 Å². The Morgan fingerprint density at radius 2 is 1.96 bits per heavy atom. The molecule has 0 fully saturated rings. The summed E-state index contributed by atoms with van der Waals surface area (Å²) >= 11 is 0. The third-order valence-corrected chi connectivity index (χ3v) is 3.77. The second-order valence-electron chi connectivity index (χ2n) is 5.70. The third kappa shape index (κ3) is 2.87. The highest BCUT2D eigenvalue weighted by Gasteiger charge is 2.14. The molecule has 0 unspecified atom stereocenters. The number of hydrogen-bond acceptors (Lipinski definition) is 5. The molecule has 7 nitrogen and oxygen atoms in total. The summed E-state index contributed by atoms with van der Waals surface area (Å²) in [5, 5.41) is 7.99. The Kier molecular flexibility index (Phi) is 3.53. The van der Waals surface area contributed by atoms with Gasteiger partial charge >= 0.3 is 0 Å². The van der Waals surface area contributed by atoms with Crippen molar-refractivity contribution in [2.24, 2.45) is 0 Å². The molecule has 25 heavy (non-hydrogen) atoms. The highest BCUT2D eigenvalue weighted by Crippen LogP contribution is 2.20. The van der Waals surface area contributed by atoms with Crippen LogP contribution in [-0.2, 0) is 0 Å². The van der Waals surface area contributed by atoms with Crippen LogP contribution in [0.25, 0.3) is 16.8 Å². The Hall–Kier alpha value is -3.48. The minimum atomic E-state index is -0.366. The van der Waals surface area contributed by atoms with E-state index in [0.717, 1.165) is 16.8 Å². The molecular formula is C18H15N5O2. The maximum atomic E-state index is 12.4. The summed E-state index contributed by atoms with van der Waals surface area (Å²) < 4.78 is 7.27. The number of nitrogens with zero attached hydrogens (tertiary/aromatic N) is 4. The molecule has 0 aliphatic rings. The minimum Gasteiger partial charge on any atom is -0.451 e. The third-order valence-electron chi connectivity index (χ3n) is 3.77. The van der Waals surface area contributed by atoms with E-state index in [2.05, 4.69) is 20.4 Å². The van der Waals surface area contributed by atoms with Crippen LogP contribution in [0.4, 0.5) is 5.82 Å². The van der Waals surface area contributed by atoms with E-state index in [-0.39, 0.29) is 11.7 Å². The van der Waals surface area contributed by atoms with Crippen LogP contribution in [0.15, 0.2) is 53.2 Å². The van der Waals surface area contributed by atoms with Gasteiger partial charge in [0, 0.05) is 17.1 Å². The first-order chi connectivity index (χ1) is 12.1. The lowest BCUT2D eigenvalue weighted by molar-refractivity contribution is 0.0998. The lowest BCUT2D eigenvalue weighted by atomic mass is 10.2. The fourth-order valence-electron chi connectivity index (χ4n) is 2.66. The highest BCUT2D eigenvalue weighted by molar-refractivity contribution is 6.04. The average Bonchev–Trinajstić information content (AvgIpc) is 3.18. The summed E-state index contributed by atoms with van der Waals surface area (Å²) in [6, 6.07) is 12.8. The molecule has 0 radical (unpaired) electrons. The van der Waals surface area contributed by atoms with E-state index in [1.54, 1.807) is 16.8 Å². The van der Waals surface area contributed by atoms with Gasteiger partial charge in [-0.15, -0.1) is 0 Å². The number of benzene rings is 1. The number of amides is 1. The quantitative estimate of drug-likeness (QED) is 0.622. The van der Waals surface area contributed by atoms with Crippen molar-refractivity contribution >= 4 is 22.7 Å². The zero-order chi connectivity index (χ0) is 17.4. The fraction of sp³-hybridized carbons (Fsp3) is 0.111. The fourth-order valence-corrected chi connectivity index (χ4v) is 2.66. The highest BCUT2D eigenvalue weighted by atomic mass is 16.3. The Morgan fingerprint density at radius 1 is 1.12 bits per heavy atom. The SMILES string of the molecule is Cc1cc(C)n(-c2cc(NC(=O)c3cc4ccccc4o3)ncn2)n1. The first-order valence-electron chi connectivity index (χ1n) is 7.76. The van der Waals surface area contributed by atoms with Crippen LogP contribution in [0.2, 0.25) is 0 Å². The average molecular weight is 333 g/mol. The summed E-state index contributed by atoms with van der Waals surface area (Å²) in [5.41, 5.74) is 2.51. The van der Waals surface area contributed by atoms with Crippen molar-refractivity contribution in [2.45, 2.75) is 13.8 Å². The minimum absolute atomic E-state index is 0.229. The van der Waals surface area contributed by atoms with Gasteiger partial charge < -0.3 is 9.73 Å². The van der Waals surface area contributed by atoms with Gasteiger partial charge in [0.05, 0.1) is 5.69 Å². The first kappa shape index (κ1) is 15.1. The molecule has 0 bridgehead atoms. The van der Waals surface area contributed by atoms with Crippen molar-refractivity contribution in [1.82, 2.24) is 19.7 Å². The largest absolute Gasteiger partial charge is 0.451 e. The molecule has 4 aromatic rings. The molecule has 1 N–H and O–H groups in total. The number of carbonyl (C=O) groups is 1. The maximum absolute atomic E-state index is 12.4. The Bertz CT molecular complexity index is 1050. The number of aryl methyl sites for hydroxylation is 2. The predicted molar refractivity (Wildman–Crippen MR) is 92.8 cm³/mol. The van der Waals surface area contributed by atoms with E-state index < -0.39 is 0 Å². The van der Waals surface area contributed by atoms with Crippen LogP contribution in [0.5, 0.6) is 0 Å². The smallest absolute Gasteiger partial charge is 0.292 e. The van der Waals surface area contributed by atoms with Gasteiger partial charge in [-0.3, -0.25) is 4.79 Å². The zero-order valence-electron chi connectivity index (χ0n) is 13.7. The number of para-hydroxylation sites is 1. The Morgan fingerprint density at radius 3 is 2.72 bits per heavy atom. The summed E-state index contributed by atoms with van der Waals surface area (Å²) in [6.07, 6.45) is 1.39. The number of nitrogens with one attached hydrogen (secondary N) is 1. The van der Waals surface area contributed by atoms with Gasteiger partial charge in [0.15, 0.2) is 11.6 Å². The van der Waals surface area contributed by atoms with E-state index in [0.29, 0.717) is 17.2 Å². The van der Waals surface area contributed by atoms with Gasteiger partial charge in [0.2, 0.25) is 0 Å². The maximum Gasteiger partial charge on any atom is 0.292 e. The second-order valence-corrected chi connectivity index (χ2v) is 5.70. The van der Waals surface area contributed by atoms with Crippen LogP contribution in [0, 0.1) is 13.8 Å². The molecule has 124 valence electrons. The second kappa shape index (κ2) is 5.86. The van der Waals surface area contributed by atoms with Crippen LogP contribution in [-0.4, -0.2) is 25.7 Å². The molecule has 3 heterocycles. The van der Waals surface area contributed by atoms with E-state index in [4.69, 9.17) is 4.42 Å². The normalized spacial score (nSPS) is 11.0. The molecule has 3 aromatic heterocycles. The number of rotatable bonds is 3. The number of furan rings is 1. The van der Waals surface area contributed by atoms with E-state index in [9.17, 15) is 4.79 Å². The van der Waals surface area contributed by atoms with Crippen molar-refractivity contribution in [3.8, 4) is 5.82 Å². The van der Waals surface area contributed by atoms with Crippen molar-refractivity contribution in [3.63, 3.8) is 0 Å². The number of hydrogen-bond donors (Lipinski definition) is 1. The van der Waals surface area contributed by atoms with Crippen LogP contribution in [0.3, 0.4) is 0 Å². The molecule has 0 saturated heterocycles. The van der Waals surface area contributed by atoms with Crippen LogP contribution >= 0.6 is 0 Å². The van der Waals surface area contributed by atoms with Gasteiger partial charge in [-0.2, -0.15) is 5.10 Å². The van der Waals surface area contributed by atoms with Crippen molar-refractivity contribution in [2.75, 3.05) is 5.32 Å².